The van der Waals surface area contributed by atoms with Crippen LogP contribution in [-0.2, 0) is 0 Å². The molecule has 1 aromatic heterocycles. The summed E-state index contributed by atoms with van der Waals surface area (Å²) in [5, 5.41) is 0. The first kappa shape index (κ1) is 9.61. The molecule has 0 fully saturated rings. The Balaban J connectivity index is 2.66. The summed E-state index contributed by atoms with van der Waals surface area (Å²) in [7, 11) is 0. The van der Waals surface area contributed by atoms with Crippen molar-refractivity contribution in [1.29, 1.82) is 0 Å². The zero-order chi connectivity index (χ0) is 10.3. The molecule has 2 aromatic rings. The molecule has 74 valence electrons. The van der Waals surface area contributed by atoms with Crippen LogP contribution in [0.4, 0.5) is 4.39 Å². The van der Waals surface area contributed by atoms with Crippen molar-refractivity contribution in [2.45, 2.75) is 13.0 Å². The lowest BCUT2D eigenvalue weighted by molar-refractivity contribution is 0.492. The normalized spacial score (nSPS) is 13.4. The average Bonchev–Trinajstić information content (AvgIpc) is 2.48. The SMILES string of the molecule is C[C@H](N)c1nc2cc(F)c(Br)cc2o1. The van der Waals surface area contributed by atoms with Gasteiger partial charge in [0, 0.05) is 12.1 Å². The molecule has 0 unspecified atom stereocenters. The minimum absolute atomic E-state index is 0.288. The predicted octanol–water partition coefficient (Wildman–Crippen LogP) is 2.75. The molecule has 0 bridgehead atoms. The predicted molar refractivity (Wildman–Crippen MR) is 54.3 cm³/mol. The monoisotopic (exact) mass is 258 g/mol. The van der Waals surface area contributed by atoms with Gasteiger partial charge in [-0.05, 0) is 22.9 Å². The van der Waals surface area contributed by atoms with Gasteiger partial charge in [-0.25, -0.2) is 9.37 Å². The molecular weight excluding hydrogens is 251 g/mol. The lowest BCUT2D eigenvalue weighted by Crippen LogP contribution is -2.04. The van der Waals surface area contributed by atoms with Crippen LogP contribution in [0.2, 0.25) is 0 Å². The summed E-state index contributed by atoms with van der Waals surface area (Å²) in [5.41, 5.74) is 6.61. The van der Waals surface area contributed by atoms with Crippen molar-refractivity contribution in [3.8, 4) is 0 Å². The number of oxazole rings is 1. The zero-order valence-corrected chi connectivity index (χ0v) is 9.01. The van der Waals surface area contributed by atoms with Crippen molar-refractivity contribution in [2.24, 2.45) is 5.73 Å². The minimum atomic E-state index is -0.359. The molecule has 2 rings (SSSR count). The van der Waals surface area contributed by atoms with Crippen LogP contribution in [0, 0.1) is 5.82 Å². The summed E-state index contributed by atoms with van der Waals surface area (Å²) in [5.74, 6) is 0.0551. The number of nitrogens with two attached hydrogens (primary N) is 1. The van der Waals surface area contributed by atoms with Gasteiger partial charge in [-0.15, -0.1) is 0 Å². The minimum Gasteiger partial charge on any atom is -0.439 e. The van der Waals surface area contributed by atoms with Crippen LogP contribution in [0.1, 0.15) is 18.9 Å². The van der Waals surface area contributed by atoms with E-state index in [1.54, 1.807) is 13.0 Å². The van der Waals surface area contributed by atoms with Gasteiger partial charge in [-0.2, -0.15) is 0 Å². The maximum atomic E-state index is 13.1. The van der Waals surface area contributed by atoms with Gasteiger partial charge in [0.1, 0.15) is 11.3 Å². The molecule has 0 aliphatic rings. The van der Waals surface area contributed by atoms with E-state index >= 15 is 0 Å². The van der Waals surface area contributed by atoms with Gasteiger partial charge >= 0.3 is 0 Å². The first-order chi connectivity index (χ1) is 6.58. The number of aromatic nitrogens is 1. The number of hydrogen-bond acceptors (Lipinski definition) is 3. The van der Waals surface area contributed by atoms with Gasteiger partial charge in [0.25, 0.3) is 0 Å². The number of rotatable bonds is 1. The Morgan fingerprint density at radius 1 is 1.57 bits per heavy atom. The highest BCUT2D eigenvalue weighted by molar-refractivity contribution is 9.10. The highest BCUT2D eigenvalue weighted by atomic mass is 79.9. The van der Waals surface area contributed by atoms with Gasteiger partial charge in [-0.3, -0.25) is 0 Å². The Bertz CT molecular complexity index is 442. The lowest BCUT2D eigenvalue weighted by Gasteiger charge is -1.94. The van der Waals surface area contributed by atoms with Crippen molar-refractivity contribution >= 4 is 27.0 Å². The van der Waals surface area contributed by atoms with E-state index in [1.807, 2.05) is 0 Å². The Hall–Kier alpha value is -0.940. The molecule has 0 amide bonds. The molecule has 1 aromatic carbocycles. The van der Waals surface area contributed by atoms with E-state index in [1.165, 1.54) is 6.07 Å². The molecule has 1 atom stereocenters. The second-order valence-corrected chi connectivity index (χ2v) is 3.93. The molecule has 0 aliphatic heterocycles. The van der Waals surface area contributed by atoms with Crippen molar-refractivity contribution in [3.05, 3.63) is 28.3 Å². The third-order valence-corrected chi connectivity index (χ3v) is 2.44. The van der Waals surface area contributed by atoms with E-state index in [0.717, 1.165) is 0 Å². The van der Waals surface area contributed by atoms with E-state index in [0.29, 0.717) is 21.5 Å². The van der Waals surface area contributed by atoms with Crippen LogP contribution in [0.5, 0.6) is 0 Å². The number of hydrogen-bond donors (Lipinski definition) is 1. The summed E-state index contributed by atoms with van der Waals surface area (Å²) < 4.78 is 18.8. The van der Waals surface area contributed by atoms with E-state index in [-0.39, 0.29) is 11.9 Å². The van der Waals surface area contributed by atoms with Gasteiger partial charge in [0.05, 0.1) is 10.5 Å². The van der Waals surface area contributed by atoms with E-state index in [2.05, 4.69) is 20.9 Å². The molecule has 0 aliphatic carbocycles. The molecule has 1 heterocycles. The van der Waals surface area contributed by atoms with Crippen molar-refractivity contribution in [3.63, 3.8) is 0 Å². The number of nitrogens with zero attached hydrogens (tertiary/aromatic N) is 1. The molecule has 3 nitrogen and oxygen atoms in total. The van der Waals surface area contributed by atoms with E-state index in [9.17, 15) is 4.39 Å². The van der Waals surface area contributed by atoms with Gasteiger partial charge in [-0.1, -0.05) is 0 Å². The molecule has 5 heteroatoms. The fraction of sp³-hybridized carbons (Fsp3) is 0.222. The summed E-state index contributed by atoms with van der Waals surface area (Å²) in [6.07, 6.45) is 0. The van der Waals surface area contributed by atoms with Crippen molar-refractivity contribution in [2.75, 3.05) is 0 Å². The molecule has 14 heavy (non-hydrogen) atoms. The smallest absolute Gasteiger partial charge is 0.212 e. The van der Waals surface area contributed by atoms with Crippen LogP contribution in [0.15, 0.2) is 21.0 Å². The first-order valence-electron chi connectivity index (χ1n) is 4.09. The lowest BCUT2D eigenvalue weighted by atomic mass is 10.3. The third kappa shape index (κ3) is 1.53. The molecule has 0 radical (unpaired) electrons. The Labute approximate surface area is 88.2 Å². The average molecular weight is 259 g/mol. The first-order valence-corrected chi connectivity index (χ1v) is 4.88. The number of fused-ring (bicyclic) bond motifs is 1. The molecule has 2 N–H and O–H groups in total. The highest BCUT2D eigenvalue weighted by Gasteiger charge is 2.11. The largest absolute Gasteiger partial charge is 0.439 e. The number of benzene rings is 1. The Morgan fingerprint density at radius 2 is 2.29 bits per heavy atom. The Morgan fingerprint density at radius 3 is 2.93 bits per heavy atom. The van der Waals surface area contributed by atoms with Crippen LogP contribution < -0.4 is 5.73 Å². The van der Waals surface area contributed by atoms with Crippen LogP contribution in [0.25, 0.3) is 11.1 Å². The van der Waals surface area contributed by atoms with Crippen LogP contribution in [0.3, 0.4) is 0 Å². The zero-order valence-electron chi connectivity index (χ0n) is 7.42. The van der Waals surface area contributed by atoms with Crippen molar-refractivity contribution < 1.29 is 8.81 Å². The van der Waals surface area contributed by atoms with E-state index < -0.39 is 0 Å². The molecule has 0 saturated heterocycles. The number of halogens is 2. The fourth-order valence-corrected chi connectivity index (χ4v) is 1.46. The van der Waals surface area contributed by atoms with Crippen LogP contribution >= 0.6 is 15.9 Å². The summed E-state index contributed by atoms with van der Waals surface area (Å²) in [4.78, 5) is 4.06. The second-order valence-electron chi connectivity index (χ2n) is 3.07. The summed E-state index contributed by atoms with van der Waals surface area (Å²) >= 11 is 3.07. The Kier molecular flexibility index (Phi) is 2.28. The second kappa shape index (κ2) is 3.33. The summed E-state index contributed by atoms with van der Waals surface area (Å²) in [6, 6.07) is 2.57. The quantitative estimate of drug-likeness (QED) is 0.856. The summed E-state index contributed by atoms with van der Waals surface area (Å²) in [6.45, 7) is 1.76. The molecule has 0 saturated carbocycles. The third-order valence-electron chi connectivity index (χ3n) is 1.84. The maximum absolute atomic E-state index is 13.1. The molecular formula is C9H8BrFN2O. The standard InChI is InChI=1S/C9H8BrFN2O/c1-4(12)9-13-7-3-6(11)5(10)2-8(7)14-9/h2-4H,12H2,1H3/t4-/m0/s1. The van der Waals surface area contributed by atoms with Crippen LogP contribution in [-0.4, -0.2) is 4.98 Å². The maximum Gasteiger partial charge on any atom is 0.212 e. The van der Waals surface area contributed by atoms with Crippen molar-refractivity contribution in [1.82, 2.24) is 4.98 Å². The fourth-order valence-electron chi connectivity index (χ4n) is 1.14. The molecule has 0 spiro atoms. The highest BCUT2D eigenvalue weighted by Crippen LogP contribution is 2.25. The van der Waals surface area contributed by atoms with E-state index in [4.69, 9.17) is 10.2 Å². The van der Waals surface area contributed by atoms with Gasteiger partial charge in [0.2, 0.25) is 5.89 Å². The van der Waals surface area contributed by atoms with Gasteiger partial charge < -0.3 is 10.2 Å². The topological polar surface area (TPSA) is 52.0 Å². The van der Waals surface area contributed by atoms with Gasteiger partial charge in [0.15, 0.2) is 5.58 Å².